The van der Waals surface area contributed by atoms with Crippen LogP contribution in [0.5, 0.6) is 11.5 Å². The monoisotopic (exact) mass is 386 g/mol. The number of nitrogens with zero attached hydrogens (tertiary/aromatic N) is 1. The summed E-state index contributed by atoms with van der Waals surface area (Å²) in [7, 11) is 1.72. The number of benzene rings is 2. The van der Waals surface area contributed by atoms with Crippen molar-refractivity contribution in [1.82, 2.24) is 10.2 Å². The lowest BCUT2D eigenvalue weighted by atomic mass is 10.1. The first-order valence-corrected chi connectivity index (χ1v) is 9.13. The van der Waals surface area contributed by atoms with Crippen LogP contribution in [0.25, 0.3) is 0 Å². The van der Waals surface area contributed by atoms with Crippen molar-refractivity contribution in [2.45, 2.75) is 25.4 Å². The second kappa shape index (κ2) is 7.12. The van der Waals surface area contributed by atoms with Gasteiger partial charge in [-0.2, -0.15) is 0 Å². The molecule has 1 aliphatic heterocycles. The van der Waals surface area contributed by atoms with Crippen LogP contribution in [0.1, 0.15) is 39.1 Å². The number of ether oxygens (including phenoxy) is 2. The molecule has 1 saturated carbocycles. The molecule has 140 valence electrons. The minimum Gasteiger partial charge on any atom is -0.454 e. The summed E-state index contributed by atoms with van der Waals surface area (Å²) < 4.78 is 10.6. The summed E-state index contributed by atoms with van der Waals surface area (Å²) in [5.74, 6) is 0.718. The normalized spacial score (nSPS) is 14.7. The lowest BCUT2D eigenvalue weighted by molar-refractivity contribution is 0.0784. The Hall–Kier alpha value is -2.73. The summed E-state index contributed by atoms with van der Waals surface area (Å²) in [5, 5.41) is 3.31. The van der Waals surface area contributed by atoms with Gasteiger partial charge in [-0.15, -0.1) is 0 Å². The molecule has 0 atom stereocenters. The fraction of sp³-hybridized carbons (Fsp3) is 0.300. The van der Waals surface area contributed by atoms with E-state index in [1.807, 2.05) is 12.1 Å². The molecular formula is C20H19ClN2O4. The maximum absolute atomic E-state index is 12.7. The Morgan fingerprint density at radius 1 is 1.15 bits per heavy atom. The van der Waals surface area contributed by atoms with Crippen LogP contribution in [0.4, 0.5) is 0 Å². The van der Waals surface area contributed by atoms with E-state index in [9.17, 15) is 9.59 Å². The molecule has 0 aromatic heterocycles. The highest BCUT2D eigenvalue weighted by Crippen LogP contribution is 2.40. The van der Waals surface area contributed by atoms with Gasteiger partial charge in [0.15, 0.2) is 11.5 Å². The number of rotatable bonds is 5. The van der Waals surface area contributed by atoms with Crippen molar-refractivity contribution in [2.24, 2.45) is 0 Å². The molecule has 0 bridgehead atoms. The molecule has 1 N–H and O–H groups in total. The third-order valence-corrected chi connectivity index (χ3v) is 4.85. The van der Waals surface area contributed by atoms with Gasteiger partial charge in [-0.05, 0) is 42.7 Å². The number of halogens is 1. The number of fused-ring (bicyclic) bond motifs is 1. The smallest absolute Gasteiger partial charge is 0.254 e. The van der Waals surface area contributed by atoms with E-state index in [1.54, 1.807) is 36.2 Å². The first-order chi connectivity index (χ1) is 13.0. The maximum atomic E-state index is 12.7. The van der Waals surface area contributed by atoms with Crippen LogP contribution < -0.4 is 14.8 Å². The van der Waals surface area contributed by atoms with Gasteiger partial charge in [0.2, 0.25) is 6.79 Å². The molecule has 2 aliphatic rings. The van der Waals surface area contributed by atoms with Crippen LogP contribution in [0.3, 0.4) is 0 Å². The van der Waals surface area contributed by atoms with E-state index in [0.717, 1.165) is 18.4 Å². The van der Waals surface area contributed by atoms with Gasteiger partial charge in [0.05, 0.1) is 5.02 Å². The van der Waals surface area contributed by atoms with Crippen LogP contribution >= 0.6 is 11.6 Å². The Kier molecular flexibility index (Phi) is 4.66. The molecule has 1 aliphatic carbocycles. The fourth-order valence-corrected chi connectivity index (χ4v) is 3.18. The van der Waals surface area contributed by atoms with E-state index < -0.39 is 0 Å². The Morgan fingerprint density at radius 3 is 2.59 bits per heavy atom. The Bertz CT molecular complexity index is 894. The minimum absolute atomic E-state index is 0.0523. The lowest BCUT2D eigenvalue weighted by Gasteiger charge is -2.18. The third kappa shape index (κ3) is 3.85. The topological polar surface area (TPSA) is 67.9 Å². The average Bonchev–Trinajstić information content (AvgIpc) is 3.34. The summed E-state index contributed by atoms with van der Waals surface area (Å²) >= 11 is 6.16. The van der Waals surface area contributed by atoms with Crippen molar-refractivity contribution in [2.75, 3.05) is 13.8 Å². The first kappa shape index (κ1) is 17.7. The van der Waals surface area contributed by atoms with E-state index in [2.05, 4.69) is 5.32 Å². The first-order valence-electron chi connectivity index (χ1n) is 8.75. The zero-order valence-corrected chi connectivity index (χ0v) is 15.6. The standard InChI is InChI=1S/C20H19ClN2O4/c1-23(20(25)14-8-16(21)18-17(9-14)26-11-27-18)10-12-2-4-13(5-3-12)19(24)22-15-6-7-15/h2-5,8-9,15H,6-7,10-11H2,1H3,(H,22,24). The minimum atomic E-state index is -0.175. The van der Waals surface area contributed by atoms with Gasteiger partial charge in [0.25, 0.3) is 11.8 Å². The number of hydrogen-bond acceptors (Lipinski definition) is 4. The molecule has 27 heavy (non-hydrogen) atoms. The van der Waals surface area contributed by atoms with Crippen LogP contribution in [0.15, 0.2) is 36.4 Å². The molecule has 2 amide bonds. The van der Waals surface area contributed by atoms with E-state index >= 15 is 0 Å². The number of nitrogens with one attached hydrogen (secondary N) is 1. The summed E-state index contributed by atoms with van der Waals surface area (Å²) in [6, 6.07) is 10.8. The maximum Gasteiger partial charge on any atom is 0.254 e. The van der Waals surface area contributed by atoms with Crippen LogP contribution in [-0.2, 0) is 6.54 Å². The third-order valence-electron chi connectivity index (χ3n) is 4.57. The van der Waals surface area contributed by atoms with Crippen LogP contribution in [-0.4, -0.2) is 36.6 Å². The Labute approximate surface area is 162 Å². The zero-order chi connectivity index (χ0) is 19.0. The quantitative estimate of drug-likeness (QED) is 0.856. The molecule has 1 heterocycles. The van der Waals surface area contributed by atoms with E-state index in [4.69, 9.17) is 21.1 Å². The van der Waals surface area contributed by atoms with Crippen molar-refractivity contribution in [3.05, 3.63) is 58.1 Å². The number of amides is 2. The zero-order valence-electron chi connectivity index (χ0n) is 14.8. The summed E-state index contributed by atoms with van der Waals surface area (Å²) in [6.45, 7) is 0.513. The van der Waals surface area contributed by atoms with E-state index in [1.165, 1.54) is 0 Å². The van der Waals surface area contributed by atoms with Gasteiger partial charge in [0, 0.05) is 30.8 Å². The summed E-state index contributed by atoms with van der Waals surface area (Å²) in [4.78, 5) is 26.3. The van der Waals surface area contributed by atoms with Gasteiger partial charge in [-0.3, -0.25) is 9.59 Å². The van der Waals surface area contributed by atoms with Crippen molar-refractivity contribution >= 4 is 23.4 Å². The molecule has 0 saturated heterocycles. The van der Waals surface area contributed by atoms with Gasteiger partial charge in [0.1, 0.15) is 0 Å². The van der Waals surface area contributed by atoms with Crippen molar-refractivity contribution < 1.29 is 19.1 Å². The molecule has 0 radical (unpaired) electrons. The molecule has 2 aromatic carbocycles. The molecule has 6 nitrogen and oxygen atoms in total. The number of hydrogen-bond donors (Lipinski definition) is 1. The lowest BCUT2D eigenvalue weighted by Crippen LogP contribution is -2.27. The predicted octanol–water partition coefficient (Wildman–Crippen LogP) is 3.23. The van der Waals surface area contributed by atoms with Crippen molar-refractivity contribution in [3.63, 3.8) is 0 Å². The van der Waals surface area contributed by atoms with Crippen molar-refractivity contribution in [3.8, 4) is 11.5 Å². The van der Waals surface area contributed by atoms with Crippen LogP contribution in [0.2, 0.25) is 5.02 Å². The highest BCUT2D eigenvalue weighted by Gasteiger charge is 2.24. The van der Waals surface area contributed by atoms with Gasteiger partial charge < -0.3 is 19.7 Å². The second-order valence-electron chi connectivity index (χ2n) is 6.80. The Morgan fingerprint density at radius 2 is 1.89 bits per heavy atom. The highest BCUT2D eigenvalue weighted by atomic mass is 35.5. The van der Waals surface area contributed by atoms with Gasteiger partial charge in [-0.25, -0.2) is 0 Å². The molecule has 4 rings (SSSR count). The van der Waals surface area contributed by atoms with Gasteiger partial charge >= 0.3 is 0 Å². The fourth-order valence-electron chi connectivity index (χ4n) is 2.91. The van der Waals surface area contributed by atoms with Gasteiger partial charge in [-0.1, -0.05) is 23.7 Å². The van der Waals surface area contributed by atoms with E-state index in [-0.39, 0.29) is 18.6 Å². The number of carbonyl (C=O) groups excluding carboxylic acids is 2. The molecule has 2 aromatic rings. The SMILES string of the molecule is CN(Cc1ccc(C(=O)NC2CC2)cc1)C(=O)c1cc(Cl)c2c(c1)OCO2. The summed E-state index contributed by atoms with van der Waals surface area (Å²) in [6.07, 6.45) is 2.11. The molecule has 7 heteroatoms. The van der Waals surface area contributed by atoms with Crippen LogP contribution in [0, 0.1) is 0 Å². The second-order valence-corrected chi connectivity index (χ2v) is 7.20. The predicted molar refractivity (Wildman–Crippen MR) is 100 cm³/mol. The molecule has 1 fully saturated rings. The van der Waals surface area contributed by atoms with Crippen molar-refractivity contribution in [1.29, 1.82) is 0 Å². The number of carbonyl (C=O) groups is 2. The average molecular weight is 387 g/mol. The van der Waals surface area contributed by atoms with E-state index in [0.29, 0.717) is 40.2 Å². The highest BCUT2D eigenvalue weighted by molar-refractivity contribution is 6.32. The summed E-state index contributed by atoms with van der Waals surface area (Å²) in [5.41, 5.74) is 2.00. The molecule has 0 spiro atoms. The molecular weight excluding hydrogens is 368 g/mol. The Balaban J connectivity index is 1.42. The largest absolute Gasteiger partial charge is 0.454 e. The molecule has 0 unspecified atom stereocenters.